The molecule has 0 unspecified atom stereocenters. The highest BCUT2D eigenvalue weighted by molar-refractivity contribution is 5.20. The molecule has 21 heavy (non-hydrogen) atoms. The zero-order valence-electron chi connectivity index (χ0n) is 14.3. The van der Waals surface area contributed by atoms with E-state index >= 15 is 0 Å². The lowest BCUT2D eigenvalue weighted by atomic mass is 9.56. The SMILES string of the molecule is C=C1CCC[C@@]2(C)CC[C@@H](/C(C)=C/C=C/C(C)(C)O)C[C@@H]12. The van der Waals surface area contributed by atoms with Gasteiger partial charge in [-0.15, -0.1) is 0 Å². The van der Waals surface area contributed by atoms with Crippen molar-refractivity contribution in [2.75, 3.05) is 0 Å². The fourth-order valence-electron chi connectivity index (χ4n) is 4.20. The lowest BCUT2D eigenvalue weighted by Gasteiger charge is -2.49. The smallest absolute Gasteiger partial charge is 0.0774 e. The molecular formula is C20H32O. The first kappa shape index (κ1) is 16.5. The van der Waals surface area contributed by atoms with Gasteiger partial charge in [0.25, 0.3) is 0 Å². The summed E-state index contributed by atoms with van der Waals surface area (Å²) in [6.07, 6.45) is 13.9. The molecule has 0 aliphatic heterocycles. The van der Waals surface area contributed by atoms with E-state index in [0.29, 0.717) is 17.3 Å². The maximum Gasteiger partial charge on any atom is 0.0774 e. The minimum absolute atomic E-state index is 0.509. The Hall–Kier alpha value is -0.820. The summed E-state index contributed by atoms with van der Waals surface area (Å²) >= 11 is 0. The summed E-state index contributed by atoms with van der Waals surface area (Å²) in [7, 11) is 0. The minimum Gasteiger partial charge on any atom is -0.386 e. The van der Waals surface area contributed by atoms with Gasteiger partial charge in [-0.2, -0.15) is 0 Å². The van der Waals surface area contributed by atoms with Gasteiger partial charge in [-0.1, -0.05) is 42.9 Å². The van der Waals surface area contributed by atoms with Crippen LogP contribution in [0.25, 0.3) is 0 Å². The van der Waals surface area contributed by atoms with Crippen LogP contribution in [0.5, 0.6) is 0 Å². The van der Waals surface area contributed by atoms with E-state index in [1.54, 1.807) is 0 Å². The first-order valence-electron chi connectivity index (χ1n) is 8.47. The average Bonchev–Trinajstić information content (AvgIpc) is 2.36. The quantitative estimate of drug-likeness (QED) is 0.543. The Morgan fingerprint density at radius 2 is 2.10 bits per heavy atom. The first-order valence-corrected chi connectivity index (χ1v) is 8.47. The van der Waals surface area contributed by atoms with Crippen LogP contribution in [0.2, 0.25) is 0 Å². The van der Waals surface area contributed by atoms with E-state index in [1.807, 2.05) is 26.0 Å². The Kier molecular flexibility index (Phi) is 4.82. The monoisotopic (exact) mass is 288 g/mol. The zero-order chi connectivity index (χ0) is 15.7. The fraction of sp³-hybridized carbons (Fsp3) is 0.700. The van der Waals surface area contributed by atoms with Crippen molar-refractivity contribution in [3.63, 3.8) is 0 Å². The predicted octanol–water partition coefficient (Wildman–Crippen LogP) is 5.42. The summed E-state index contributed by atoms with van der Waals surface area (Å²) < 4.78 is 0. The third-order valence-corrected chi connectivity index (χ3v) is 5.67. The molecule has 1 nitrogen and oxygen atoms in total. The normalized spacial score (nSPS) is 35.1. The zero-order valence-corrected chi connectivity index (χ0v) is 14.3. The summed E-state index contributed by atoms with van der Waals surface area (Å²) in [5.41, 5.74) is 2.73. The van der Waals surface area contributed by atoms with Crippen molar-refractivity contribution in [1.29, 1.82) is 0 Å². The van der Waals surface area contributed by atoms with Crippen LogP contribution in [0.3, 0.4) is 0 Å². The number of hydrogen-bond acceptors (Lipinski definition) is 1. The second-order valence-electron chi connectivity index (χ2n) is 8.11. The highest BCUT2D eigenvalue weighted by Gasteiger charge is 2.42. The molecule has 2 rings (SSSR count). The van der Waals surface area contributed by atoms with Crippen molar-refractivity contribution < 1.29 is 5.11 Å². The van der Waals surface area contributed by atoms with Gasteiger partial charge in [-0.3, -0.25) is 0 Å². The second kappa shape index (κ2) is 6.12. The highest BCUT2D eigenvalue weighted by atomic mass is 16.3. The van der Waals surface area contributed by atoms with Gasteiger partial charge in [-0.05, 0) is 76.5 Å². The summed E-state index contributed by atoms with van der Waals surface area (Å²) in [5, 5.41) is 9.74. The summed E-state index contributed by atoms with van der Waals surface area (Å²) in [5.74, 6) is 1.40. The van der Waals surface area contributed by atoms with Crippen molar-refractivity contribution in [3.05, 3.63) is 36.0 Å². The molecule has 118 valence electrons. The molecule has 0 bridgehead atoms. The summed E-state index contributed by atoms with van der Waals surface area (Å²) in [4.78, 5) is 0. The number of hydrogen-bond donors (Lipinski definition) is 1. The molecule has 0 aromatic rings. The molecule has 0 aromatic carbocycles. The number of allylic oxidation sites excluding steroid dienone is 4. The fourth-order valence-corrected chi connectivity index (χ4v) is 4.20. The Morgan fingerprint density at radius 1 is 1.38 bits per heavy atom. The van der Waals surface area contributed by atoms with Crippen LogP contribution < -0.4 is 0 Å². The maximum absolute atomic E-state index is 9.74. The van der Waals surface area contributed by atoms with Gasteiger partial charge in [0.15, 0.2) is 0 Å². The molecule has 0 amide bonds. The van der Waals surface area contributed by atoms with Crippen LogP contribution in [0, 0.1) is 17.3 Å². The third-order valence-electron chi connectivity index (χ3n) is 5.67. The molecular weight excluding hydrogens is 256 g/mol. The molecule has 2 aliphatic rings. The van der Waals surface area contributed by atoms with Crippen LogP contribution >= 0.6 is 0 Å². The number of rotatable bonds is 3. The number of aliphatic hydroxyl groups is 1. The van der Waals surface area contributed by atoms with Crippen molar-refractivity contribution in [3.8, 4) is 0 Å². The Labute approximate surface area is 130 Å². The molecule has 0 aromatic heterocycles. The highest BCUT2D eigenvalue weighted by Crippen LogP contribution is 2.54. The van der Waals surface area contributed by atoms with Crippen molar-refractivity contribution in [2.45, 2.75) is 71.8 Å². The lowest BCUT2D eigenvalue weighted by molar-refractivity contribution is 0.0831. The molecule has 1 heteroatoms. The molecule has 0 spiro atoms. The van der Waals surface area contributed by atoms with Crippen LogP contribution in [-0.2, 0) is 0 Å². The van der Waals surface area contributed by atoms with Crippen molar-refractivity contribution in [1.82, 2.24) is 0 Å². The second-order valence-corrected chi connectivity index (χ2v) is 8.11. The van der Waals surface area contributed by atoms with E-state index in [2.05, 4.69) is 26.5 Å². The minimum atomic E-state index is -0.723. The molecule has 2 fully saturated rings. The Balaban J connectivity index is 2.05. The van der Waals surface area contributed by atoms with Gasteiger partial charge in [-0.25, -0.2) is 0 Å². The van der Waals surface area contributed by atoms with Crippen molar-refractivity contribution in [2.24, 2.45) is 17.3 Å². The standard InChI is InChI=1S/C20H32O/c1-15(8-6-11-19(3,4)21)17-10-13-20(5)12-7-9-16(2)18(20)14-17/h6,8,11,17-18,21H,2,7,9-10,12-14H2,1,3-5H3/b11-6+,15-8+/t17-,18+,20+/m1/s1. The lowest BCUT2D eigenvalue weighted by Crippen LogP contribution is -2.38. The summed E-state index contributed by atoms with van der Waals surface area (Å²) in [6, 6.07) is 0. The van der Waals surface area contributed by atoms with Crippen molar-refractivity contribution >= 4 is 0 Å². The maximum atomic E-state index is 9.74. The average molecular weight is 288 g/mol. The largest absolute Gasteiger partial charge is 0.386 e. The van der Waals surface area contributed by atoms with E-state index in [-0.39, 0.29) is 0 Å². The van der Waals surface area contributed by atoms with E-state index in [1.165, 1.54) is 49.7 Å². The van der Waals surface area contributed by atoms with Crippen LogP contribution in [0.1, 0.15) is 66.2 Å². The third kappa shape index (κ3) is 4.10. The molecule has 2 aliphatic carbocycles. The van der Waals surface area contributed by atoms with E-state index < -0.39 is 5.60 Å². The number of fused-ring (bicyclic) bond motifs is 1. The van der Waals surface area contributed by atoms with Crippen LogP contribution in [0.4, 0.5) is 0 Å². The van der Waals surface area contributed by atoms with Crippen LogP contribution in [-0.4, -0.2) is 10.7 Å². The predicted molar refractivity (Wildman–Crippen MR) is 91.1 cm³/mol. The molecule has 2 saturated carbocycles. The first-order chi connectivity index (χ1) is 9.71. The summed E-state index contributed by atoms with van der Waals surface area (Å²) in [6.45, 7) is 12.7. The molecule has 0 heterocycles. The van der Waals surface area contributed by atoms with Gasteiger partial charge in [0, 0.05) is 0 Å². The topological polar surface area (TPSA) is 20.2 Å². The van der Waals surface area contributed by atoms with Gasteiger partial charge < -0.3 is 5.11 Å². The molecule has 3 atom stereocenters. The molecule has 1 N–H and O–H groups in total. The van der Waals surface area contributed by atoms with Gasteiger partial charge >= 0.3 is 0 Å². The van der Waals surface area contributed by atoms with E-state index in [9.17, 15) is 5.11 Å². The van der Waals surface area contributed by atoms with E-state index in [4.69, 9.17) is 0 Å². The molecule has 0 radical (unpaired) electrons. The van der Waals surface area contributed by atoms with Gasteiger partial charge in [0.1, 0.15) is 0 Å². The molecule has 0 saturated heterocycles. The Morgan fingerprint density at radius 3 is 2.76 bits per heavy atom. The Bertz CT molecular complexity index is 449. The van der Waals surface area contributed by atoms with Gasteiger partial charge in [0.05, 0.1) is 5.60 Å². The van der Waals surface area contributed by atoms with Crippen LogP contribution in [0.15, 0.2) is 36.0 Å². The van der Waals surface area contributed by atoms with Gasteiger partial charge in [0.2, 0.25) is 0 Å². The van der Waals surface area contributed by atoms with E-state index in [0.717, 1.165) is 0 Å².